The van der Waals surface area contributed by atoms with Crippen LogP contribution in [0.15, 0.2) is 105 Å². The lowest BCUT2D eigenvalue weighted by atomic mass is 10.0. The summed E-state index contributed by atoms with van der Waals surface area (Å²) in [5.41, 5.74) is 3.16. The fraction of sp³-hybridized carbons (Fsp3) is 0.196. The minimum Gasteiger partial charge on any atom is -0.497 e. The molecule has 7 aromatic rings. The Morgan fingerprint density at radius 3 is 1.75 bits per heavy atom. The minimum atomic E-state index is -1.58. The molecular weight excluding hydrogens is 825 g/mol. The molecule has 0 saturated carbocycles. The summed E-state index contributed by atoms with van der Waals surface area (Å²) in [6, 6.07) is 25.9. The van der Waals surface area contributed by atoms with Gasteiger partial charge >= 0.3 is 17.9 Å². The Labute approximate surface area is 363 Å². The number of carboxylic acid groups (broad SMARTS) is 2. The lowest BCUT2D eigenvalue weighted by molar-refractivity contribution is 0.0670. The van der Waals surface area contributed by atoms with E-state index in [9.17, 15) is 33.9 Å². The summed E-state index contributed by atoms with van der Waals surface area (Å²) in [7, 11) is 1.58. The third-order valence-electron chi connectivity index (χ3n) is 10.7. The average Bonchev–Trinajstić information content (AvgIpc) is 4.05. The van der Waals surface area contributed by atoms with Gasteiger partial charge in [0, 0.05) is 30.4 Å². The maximum Gasteiger partial charge on any atom is 0.349 e. The highest BCUT2D eigenvalue weighted by Crippen LogP contribution is 2.29. The molecule has 5 heterocycles. The van der Waals surface area contributed by atoms with E-state index in [4.69, 9.17) is 14.6 Å². The first kappa shape index (κ1) is 43.7. The molecule has 1 aliphatic heterocycles. The Morgan fingerprint density at radius 2 is 1.22 bits per heavy atom. The van der Waals surface area contributed by atoms with Gasteiger partial charge in [-0.1, -0.05) is 50.2 Å². The number of benzene rings is 3. The van der Waals surface area contributed by atoms with Crippen LogP contribution in [0.5, 0.6) is 11.5 Å². The molecule has 6 N–H and O–H groups in total. The summed E-state index contributed by atoms with van der Waals surface area (Å²) < 4.78 is 10.5. The van der Waals surface area contributed by atoms with Crippen molar-refractivity contribution in [3.63, 3.8) is 0 Å². The highest BCUT2D eigenvalue weighted by Gasteiger charge is 2.24. The third kappa shape index (κ3) is 9.40. The molecule has 1 fully saturated rings. The molecule has 0 aliphatic carbocycles. The summed E-state index contributed by atoms with van der Waals surface area (Å²) >= 11 is 0. The fourth-order valence-corrected chi connectivity index (χ4v) is 7.32. The lowest BCUT2D eigenvalue weighted by Gasteiger charge is -2.18. The van der Waals surface area contributed by atoms with Crippen LogP contribution in [-0.4, -0.2) is 83.9 Å². The predicted molar refractivity (Wildman–Crippen MR) is 236 cm³/mol. The van der Waals surface area contributed by atoms with Crippen molar-refractivity contribution >= 4 is 23.6 Å². The number of carboxylic acids is 2. The number of aromatic carboxylic acids is 2. The SMILES string of the molecule is CCc1cc(C(=O)O)c(=O)[nH]c1-c1ccc(OC)cc1.CCc1cc(C(=O)Oc2cc(-c3ccc(N4CCCC4)cc3)[nH]c(=O)c2C(=O)O)c(=O)[nH]c1-c1ccc(-c2nnn[nH]2)cc1. The molecule has 64 heavy (non-hydrogen) atoms. The largest absolute Gasteiger partial charge is 0.497 e. The number of aromatic nitrogens is 7. The average molecular weight is 867 g/mol. The number of pyridine rings is 3. The lowest BCUT2D eigenvalue weighted by Crippen LogP contribution is -2.26. The first-order valence-corrected chi connectivity index (χ1v) is 20.2. The first-order valence-electron chi connectivity index (χ1n) is 20.2. The molecule has 18 nitrogen and oxygen atoms in total. The van der Waals surface area contributed by atoms with Crippen LogP contribution in [-0.2, 0) is 12.8 Å². The molecule has 18 heteroatoms. The van der Waals surface area contributed by atoms with Crippen LogP contribution in [0.3, 0.4) is 0 Å². The van der Waals surface area contributed by atoms with Gasteiger partial charge in [0.1, 0.15) is 16.9 Å². The van der Waals surface area contributed by atoms with Crippen molar-refractivity contribution in [3.8, 4) is 56.7 Å². The number of hydrogen-bond acceptors (Lipinski definition) is 12. The maximum absolute atomic E-state index is 13.3. The van der Waals surface area contributed by atoms with Crippen LogP contribution in [0.25, 0.3) is 45.2 Å². The quantitative estimate of drug-likeness (QED) is 0.0773. The summed E-state index contributed by atoms with van der Waals surface area (Å²) in [4.78, 5) is 84.2. The van der Waals surface area contributed by atoms with E-state index in [0.717, 1.165) is 54.1 Å². The summed E-state index contributed by atoms with van der Waals surface area (Å²) in [5, 5.41) is 32.4. The molecule has 0 bridgehead atoms. The number of rotatable bonds is 12. The number of aromatic amines is 4. The molecular formula is C46H42N8O10. The molecule has 1 aliphatic rings. The van der Waals surface area contributed by atoms with Crippen LogP contribution in [0.2, 0.25) is 0 Å². The molecule has 0 unspecified atom stereocenters. The number of methoxy groups -OCH3 is 1. The number of nitrogens with zero attached hydrogens (tertiary/aromatic N) is 4. The molecule has 0 radical (unpaired) electrons. The number of carbonyl (C=O) groups excluding carboxylic acids is 1. The van der Waals surface area contributed by atoms with Crippen molar-refractivity contribution < 1.29 is 34.1 Å². The van der Waals surface area contributed by atoms with Gasteiger partial charge < -0.3 is 39.5 Å². The molecule has 1 saturated heterocycles. The number of nitrogens with one attached hydrogen (secondary N) is 4. The number of carbonyl (C=O) groups is 3. The van der Waals surface area contributed by atoms with Crippen molar-refractivity contribution in [2.45, 2.75) is 39.5 Å². The van der Waals surface area contributed by atoms with E-state index >= 15 is 0 Å². The monoisotopic (exact) mass is 866 g/mol. The van der Waals surface area contributed by atoms with Crippen molar-refractivity contribution in [2.75, 3.05) is 25.1 Å². The van der Waals surface area contributed by atoms with E-state index in [1.165, 1.54) is 18.2 Å². The van der Waals surface area contributed by atoms with Gasteiger partial charge in [-0.2, -0.15) is 0 Å². The van der Waals surface area contributed by atoms with Gasteiger partial charge in [0.15, 0.2) is 17.1 Å². The predicted octanol–water partition coefficient (Wildman–Crippen LogP) is 5.97. The van der Waals surface area contributed by atoms with Crippen LogP contribution in [0, 0.1) is 0 Å². The zero-order valence-electron chi connectivity index (χ0n) is 34.9. The highest BCUT2D eigenvalue weighted by molar-refractivity contribution is 5.96. The topological polar surface area (TPSA) is 266 Å². The molecule has 326 valence electrons. The number of anilines is 1. The minimum absolute atomic E-state index is 0.237. The van der Waals surface area contributed by atoms with Crippen molar-refractivity contribution in [2.24, 2.45) is 0 Å². The second kappa shape index (κ2) is 19.1. The Balaban J connectivity index is 0.000000256. The van der Waals surface area contributed by atoms with E-state index in [0.29, 0.717) is 46.7 Å². The standard InChI is InChI=1S/C31H27N7O6.C15H15NO4/c1-2-17-15-22(28(39)33-26(17)19-5-7-20(8-6-19)27-34-36-37-35-27)31(43)44-24-16-23(32-29(40)25(24)30(41)42)18-9-11-21(12-10-18)38-13-3-4-14-38;1-3-9-8-12(15(18)19)14(17)16-13(9)10-4-6-11(20-2)7-5-10/h5-12,15-16H,2-4,13-14H2,1H3,(H,32,40)(H,33,39)(H,41,42)(H,34,35,36,37);4-8H,3H2,1-2H3,(H,16,17)(H,18,19). The zero-order chi connectivity index (χ0) is 45.5. The Hall–Kier alpha value is -8.41. The van der Waals surface area contributed by atoms with Gasteiger partial charge in [-0.3, -0.25) is 14.4 Å². The Kier molecular flexibility index (Phi) is 13.0. The second-order valence-corrected chi connectivity index (χ2v) is 14.6. The molecule has 3 aromatic carbocycles. The number of H-pyrrole nitrogens is 4. The Morgan fingerprint density at radius 1 is 0.672 bits per heavy atom. The Bertz CT molecular complexity index is 3010. The number of hydrogen-bond donors (Lipinski definition) is 6. The fourth-order valence-electron chi connectivity index (χ4n) is 7.32. The van der Waals surface area contributed by atoms with Crippen LogP contribution in [0.1, 0.15) is 68.9 Å². The first-order chi connectivity index (χ1) is 30.9. The molecule has 0 atom stereocenters. The van der Waals surface area contributed by atoms with Gasteiger partial charge in [0.05, 0.1) is 24.2 Å². The molecule has 8 rings (SSSR count). The van der Waals surface area contributed by atoms with E-state index in [1.54, 1.807) is 55.6 Å². The smallest absolute Gasteiger partial charge is 0.349 e. The van der Waals surface area contributed by atoms with Gasteiger partial charge in [-0.25, -0.2) is 19.5 Å². The van der Waals surface area contributed by atoms with Gasteiger partial charge in [0.2, 0.25) is 0 Å². The van der Waals surface area contributed by atoms with E-state index in [-0.39, 0.29) is 16.8 Å². The summed E-state index contributed by atoms with van der Waals surface area (Å²) in [6.07, 6.45) is 3.34. The normalized spacial score (nSPS) is 12.0. The van der Waals surface area contributed by atoms with Crippen molar-refractivity contribution in [1.82, 2.24) is 35.6 Å². The van der Waals surface area contributed by atoms with Gasteiger partial charge in [0.25, 0.3) is 16.7 Å². The number of tetrazole rings is 1. The van der Waals surface area contributed by atoms with E-state index in [1.807, 2.05) is 38.1 Å². The van der Waals surface area contributed by atoms with Crippen molar-refractivity contribution in [1.29, 1.82) is 0 Å². The maximum atomic E-state index is 13.3. The summed E-state index contributed by atoms with van der Waals surface area (Å²) in [6.45, 7) is 5.71. The second-order valence-electron chi connectivity index (χ2n) is 14.6. The third-order valence-corrected chi connectivity index (χ3v) is 10.7. The van der Waals surface area contributed by atoms with Gasteiger partial charge in [-0.15, -0.1) is 5.10 Å². The molecule has 0 spiro atoms. The zero-order valence-corrected chi connectivity index (χ0v) is 34.9. The molecule has 4 aromatic heterocycles. The van der Waals surface area contributed by atoms with Crippen LogP contribution in [0.4, 0.5) is 5.69 Å². The number of esters is 1. The highest BCUT2D eigenvalue weighted by atomic mass is 16.5. The van der Waals surface area contributed by atoms with E-state index < -0.39 is 45.9 Å². The van der Waals surface area contributed by atoms with Crippen LogP contribution >= 0.6 is 0 Å². The van der Waals surface area contributed by atoms with E-state index in [2.05, 4.69) is 40.5 Å². The summed E-state index contributed by atoms with van der Waals surface area (Å²) in [5.74, 6) is -3.15. The molecule has 0 amide bonds. The number of aryl methyl sites for hydroxylation is 2. The van der Waals surface area contributed by atoms with Crippen molar-refractivity contribution in [3.05, 3.63) is 150 Å². The number of ether oxygens (including phenoxy) is 2. The van der Waals surface area contributed by atoms with Crippen LogP contribution < -0.4 is 31.1 Å². The van der Waals surface area contributed by atoms with Gasteiger partial charge in [-0.05, 0) is 112 Å².